The summed E-state index contributed by atoms with van der Waals surface area (Å²) in [4.78, 5) is 17.4. The van der Waals surface area contributed by atoms with E-state index in [4.69, 9.17) is 0 Å². The lowest BCUT2D eigenvalue weighted by atomic mass is 9.95. The van der Waals surface area contributed by atoms with Crippen molar-refractivity contribution in [1.82, 2.24) is 4.98 Å². The van der Waals surface area contributed by atoms with Gasteiger partial charge in [-0.15, -0.1) is 6.58 Å². The fourth-order valence-electron chi connectivity index (χ4n) is 4.46. The lowest BCUT2D eigenvalue weighted by Crippen LogP contribution is -2.39. The van der Waals surface area contributed by atoms with E-state index in [1.165, 1.54) is 10.4 Å². The maximum atomic E-state index is 13.9. The van der Waals surface area contributed by atoms with E-state index in [0.717, 1.165) is 17.5 Å². The number of para-hydroxylation sites is 1. The number of hydrogen-bond acceptors (Lipinski definition) is 4. The number of sulfonamides is 1. The van der Waals surface area contributed by atoms with Crippen LogP contribution in [0.4, 0.5) is 11.4 Å². The van der Waals surface area contributed by atoms with Crippen LogP contribution in [0.2, 0.25) is 0 Å². The molecule has 0 spiro atoms. The number of carbonyl (C=O) groups excluding carboxylic acids is 1. The predicted octanol–water partition coefficient (Wildman–Crippen LogP) is 5.41. The Labute approximate surface area is 216 Å². The summed E-state index contributed by atoms with van der Waals surface area (Å²) >= 11 is 0. The van der Waals surface area contributed by atoms with Gasteiger partial charge in [0.2, 0.25) is 0 Å². The van der Waals surface area contributed by atoms with Gasteiger partial charge in [0.1, 0.15) is 0 Å². The molecule has 7 heteroatoms. The zero-order valence-corrected chi connectivity index (χ0v) is 20.9. The number of pyridine rings is 1. The van der Waals surface area contributed by atoms with Crippen molar-refractivity contribution in [2.75, 3.05) is 16.2 Å². The largest absolute Gasteiger partial charge is 0.321 e. The van der Waals surface area contributed by atoms with Gasteiger partial charge in [-0.1, -0.05) is 66.7 Å². The minimum absolute atomic E-state index is 0.0436. The molecule has 5 rings (SSSR count). The second-order valence-corrected chi connectivity index (χ2v) is 10.4. The Morgan fingerprint density at radius 1 is 0.865 bits per heavy atom. The molecule has 0 saturated heterocycles. The summed E-state index contributed by atoms with van der Waals surface area (Å²) in [5, 5.41) is 2.81. The Kier molecular flexibility index (Phi) is 6.70. The summed E-state index contributed by atoms with van der Waals surface area (Å²) in [5.74, 6) is -0.690. The zero-order valence-electron chi connectivity index (χ0n) is 20.0. The van der Waals surface area contributed by atoms with Crippen LogP contribution in [-0.4, -0.2) is 25.9 Å². The second kappa shape index (κ2) is 10.2. The first-order valence-corrected chi connectivity index (χ1v) is 13.2. The minimum Gasteiger partial charge on any atom is -0.321 e. The number of nitrogens with zero attached hydrogens (tertiary/aromatic N) is 2. The van der Waals surface area contributed by atoms with Crippen LogP contribution in [0.15, 0.2) is 121 Å². The third kappa shape index (κ3) is 4.81. The summed E-state index contributed by atoms with van der Waals surface area (Å²) in [7, 11) is -4.18. The van der Waals surface area contributed by atoms with Crippen molar-refractivity contribution in [1.29, 1.82) is 0 Å². The Morgan fingerprint density at radius 3 is 2.22 bits per heavy atom. The third-order valence-electron chi connectivity index (χ3n) is 6.15. The Bertz CT molecular complexity index is 1580. The summed E-state index contributed by atoms with van der Waals surface area (Å²) in [5.41, 5.74) is 4.90. The summed E-state index contributed by atoms with van der Waals surface area (Å²) in [6.07, 6.45) is 5.74. The van der Waals surface area contributed by atoms with Gasteiger partial charge in [-0.3, -0.25) is 14.1 Å². The van der Waals surface area contributed by atoms with Gasteiger partial charge >= 0.3 is 0 Å². The number of benzene rings is 3. The van der Waals surface area contributed by atoms with Crippen LogP contribution in [0.3, 0.4) is 0 Å². The number of hydrogen-bond donors (Lipinski definition) is 1. The molecule has 2 heterocycles. The van der Waals surface area contributed by atoms with Crippen LogP contribution in [0, 0.1) is 0 Å². The Morgan fingerprint density at radius 2 is 1.51 bits per heavy atom. The normalized spacial score (nSPS) is 14.1. The van der Waals surface area contributed by atoms with Gasteiger partial charge in [-0.2, -0.15) is 0 Å². The SMILES string of the molecule is C=CCN1c2ccccc2C(c2ccccc2)=C(C(=O)Nc2ccc(Cc3ccncc3)cc2)S1(=O)=O. The average Bonchev–Trinajstić information content (AvgIpc) is 2.92. The predicted molar refractivity (Wildman–Crippen MR) is 147 cm³/mol. The van der Waals surface area contributed by atoms with E-state index in [0.29, 0.717) is 28.1 Å². The van der Waals surface area contributed by atoms with Gasteiger partial charge in [0.05, 0.1) is 12.2 Å². The van der Waals surface area contributed by atoms with Crippen LogP contribution in [0.5, 0.6) is 0 Å². The van der Waals surface area contributed by atoms with Gasteiger partial charge in [-0.25, -0.2) is 8.42 Å². The highest BCUT2D eigenvalue weighted by Crippen LogP contribution is 2.42. The molecule has 0 aliphatic carbocycles. The standard InChI is InChI=1S/C30H25N3O3S/c1-2-20-33-27-11-7-6-10-26(27)28(24-8-4-3-5-9-24)29(37(33,35)36)30(34)32-25-14-12-22(13-15-25)21-23-16-18-31-19-17-23/h2-19H,1,20-21H2,(H,32,34). The molecule has 0 atom stereocenters. The van der Waals surface area contributed by atoms with Gasteiger partial charge in [0, 0.05) is 29.2 Å². The first-order valence-electron chi connectivity index (χ1n) is 11.8. The van der Waals surface area contributed by atoms with Gasteiger partial charge in [0.25, 0.3) is 15.9 Å². The maximum absolute atomic E-state index is 13.9. The van der Waals surface area contributed by atoms with E-state index in [1.807, 2.05) is 66.7 Å². The molecule has 37 heavy (non-hydrogen) atoms. The highest BCUT2D eigenvalue weighted by molar-refractivity contribution is 7.97. The number of fused-ring (bicyclic) bond motifs is 1. The second-order valence-electron chi connectivity index (χ2n) is 8.60. The fourth-order valence-corrected chi connectivity index (χ4v) is 6.17. The smallest absolute Gasteiger partial charge is 0.270 e. The molecule has 184 valence electrons. The number of carbonyl (C=O) groups is 1. The van der Waals surface area contributed by atoms with Crippen molar-refractivity contribution in [2.45, 2.75) is 6.42 Å². The van der Waals surface area contributed by atoms with E-state index >= 15 is 0 Å². The van der Waals surface area contributed by atoms with Crippen LogP contribution >= 0.6 is 0 Å². The molecular weight excluding hydrogens is 482 g/mol. The monoisotopic (exact) mass is 507 g/mol. The lowest BCUT2D eigenvalue weighted by molar-refractivity contribution is -0.112. The molecule has 4 aromatic rings. The first-order chi connectivity index (χ1) is 18.0. The number of rotatable bonds is 7. The van der Waals surface area contributed by atoms with E-state index < -0.39 is 15.9 Å². The molecule has 0 saturated carbocycles. The van der Waals surface area contributed by atoms with Crippen LogP contribution in [0.1, 0.15) is 22.3 Å². The van der Waals surface area contributed by atoms with Crippen molar-refractivity contribution in [3.05, 3.63) is 143 Å². The van der Waals surface area contributed by atoms with Crippen molar-refractivity contribution in [3.63, 3.8) is 0 Å². The van der Waals surface area contributed by atoms with Gasteiger partial charge < -0.3 is 5.32 Å². The van der Waals surface area contributed by atoms with Crippen molar-refractivity contribution >= 4 is 32.9 Å². The molecule has 0 unspecified atom stereocenters. The number of nitrogens with one attached hydrogen (secondary N) is 1. The minimum atomic E-state index is -4.18. The molecule has 1 aliphatic heterocycles. The van der Waals surface area contributed by atoms with Gasteiger partial charge in [0.15, 0.2) is 4.91 Å². The molecule has 6 nitrogen and oxygen atoms in total. The summed E-state index contributed by atoms with van der Waals surface area (Å²) in [6.45, 7) is 3.76. The highest BCUT2D eigenvalue weighted by Gasteiger charge is 2.40. The molecule has 0 radical (unpaired) electrons. The van der Waals surface area contributed by atoms with Crippen LogP contribution < -0.4 is 9.62 Å². The first kappa shape index (κ1) is 24.2. The molecule has 1 N–H and O–H groups in total. The third-order valence-corrected chi connectivity index (χ3v) is 7.98. The van der Waals surface area contributed by atoms with Crippen molar-refractivity contribution in [3.8, 4) is 0 Å². The average molecular weight is 508 g/mol. The van der Waals surface area contributed by atoms with E-state index in [9.17, 15) is 13.2 Å². The summed E-state index contributed by atoms with van der Waals surface area (Å²) in [6, 6.07) is 27.6. The lowest BCUT2D eigenvalue weighted by Gasteiger charge is -2.32. The van der Waals surface area contributed by atoms with Crippen molar-refractivity contribution in [2.24, 2.45) is 0 Å². The van der Waals surface area contributed by atoms with Crippen LogP contribution in [-0.2, 0) is 21.2 Å². The topological polar surface area (TPSA) is 79.4 Å². The number of amides is 1. The molecule has 0 fully saturated rings. The quantitative estimate of drug-likeness (QED) is 0.340. The van der Waals surface area contributed by atoms with E-state index in [-0.39, 0.29) is 11.4 Å². The fraction of sp³-hybridized carbons (Fsp3) is 0.0667. The van der Waals surface area contributed by atoms with Crippen molar-refractivity contribution < 1.29 is 13.2 Å². The Hall–Kier alpha value is -4.49. The Balaban J connectivity index is 1.56. The molecule has 1 aliphatic rings. The zero-order chi connectivity index (χ0) is 25.8. The molecule has 1 amide bonds. The van der Waals surface area contributed by atoms with E-state index in [2.05, 4.69) is 16.9 Å². The summed E-state index contributed by atoms with van der Waals surface area (Å²) < 4.78 is 29.0. The molecular formula is C30H25N3O3S. The van der Waals surface area contributed by atoms with Gasteiger partial charge in [-0.05, 0) is 53.4 Å². The number of aromatic nitrogens is 1. The number of anilines is 2. The maximum Gasteiger partial charge on any atom is 0.270 e. The van der Waals surface area contributed by atoms with E-state index in [1.54, 1.807) is 36.7 Å². The molecule has 3 aromatic carbocycles. The molecule has 0 bridgehead atoms. The van der Waals surface area contributed by atoms with Crippen LogP contribution in [0.25, 0.3) is 5.57 Å². The highest BCUT2D eigenvalue weighted by atomic mass is 32.2. The molecule has 1 aromatic heterocycles.